The van der Waals surface area contributed by atoms with Crippen LogP contribution in [0.25, 0.3) is 0 Å². The maximum absolute atomic E-state index is 12.3. The Morgan fingerprint density at radius 2 is 1.58 bits per heavy atom. The smallest absolute Gasteiger partial charge is 0.307 e. The molecule has 2 atom stereocenters. The third-order valence-corrected chi connectivity index (χ3v) is 5.38. The van der Waals surface area contributed by atoms with Gasteiger partial charge in [-0.3, -0.25) is 19.3 Å². The number of carboxylic acid groups (broad SMARTS) is 1. The molecule has 7 heteroatoms. The molecular weight excluding hydrogens is 334 g/mol. The number of carbonyl (C=O) groups is 3. The maximum atomic E-state index is 12.3. The standard InChI is InChI=1S/C19H25N3O4/c1-19(2)15(16(19)18(25)26)17(24)21-13-7-5-12(6-8-13)20-14(23)11-22-9-3-4-10-22/h5-8,15-16H,3-4,9-11H2,1-2H3,(H,20,23)(H,21,24)(H,25,26)/t15-,16+/m1/s1. The number of hydrogen-bond acceptors (Lipinski definition) is 4. The van der Waals surface area contributed by atoms with Gasteiger partial charge in [-0.2, -0.15) is 0 Å². The summed E-state index contributed by atoms with van der Waals surface area (Å²) in [7, 11) is 0. The van der Waals surface area contributed by atoms with E-state index in [2.05, 4.69) is 15.5 Å². The van der Waals surface area contributed by atoms with E-state index in [1.807, 2.05) is 0 Å². The van der Waals surface area contributed by atoms with Gasteiger partial charge in [0.15, 0.2) is 0 Å². The lowest BCUT2D eigenvalue weighted by molar-refractivity contribution is -0.140. The summed E-state index contributed by atoms with van der Waals surface area (Å²) in [5.74, 6) is -2.45. The minimum absolute atomic E-state index is 0.0484. The number of rotatable bonds is 6. The van der Waals surface area contributed by atoms with E-state index in [9.17, 15) is 19.5 Å². The van der Waals surface area contributed by atoms with E-state index in [4.69, 9.17) is 0 Å². The third kappa shape index (κ3) is 3.88. The highest BCUT2D eigenvalue weighted by Crippen LogP contribution is 2.58. The van der Waals surface area contributed by atoms with E-state index in [-0.39, 0.29) is 11.8 Å². The molecule has 7 nitrogen and oxygen atoms in total. The van der Waals surface area contributed by atoms with Crippen LogP contribution >= 0.6 is 0 Å². The van der Waals surface area contributed by atoms with E-state index in [1.54, 1.807) is 38.1 Å². The van der Waals surface area contributed by atoms with Crippen molar-refractivity contribution in [1.82, 2.24) is 4.90 Å². The van der Waals surface area contributed by atoms with Gasteiger partial charge in [0, 0.05) is 11.4 Å². The van der Waals surface area contributed by atoms with Crippen molar-refractivity contribution in [2.24, 2.45) is 17.3 Å². The molecule has 1 heterocycles. The fraction of sp³-hybridized carbons (Fsp3) is 0.526. The molecule has 2 fully saturated rings. The Morgan fingerprint density at radius 3 is 2.08 bits per heavy atom. The van der Waals surface area contributed by atoms with Gasteiger partial charge in [-0.05, 0) is 55.6 Å². The van der Waals surface area contributed by atoms with Gasteiger partial charge in [0.05, 0.1) is 18.4 Å². The fourth-order valence-corrected chi connectivity index (χ4v) is 3.79. The number of hydrogen-bond donors (Lipinski definition) is 3. The van der Waals surface area contributed by atoms with Crippen LogP contribution < -0.4 is 10.6 Å². The van der Waals surface area contributed by atoms with Gasteiger partial charge in [0.2, 0.25) is 11.8 Å². The molecular formula is C19H25N3O4. The van der Waals surface area contributed by atoms with Crippen LogP contribution in [0, 0.1) is 17.3 Å². The highest BCUT2D eigenvalue weighted by atomic mass is 16.4. The highest BCUT2D eigenvalue weighted by Gasteiger charge is 2.65. The monoisotopic (exact) mass is 359 g/mol. The molecule has 2 amide bonds. The van der Waals surface area contributed by atoms with Gasteiger partial charge in [-0.15, -0.1) is 0 Å². The van der Waals surface area contributed by atoms with Crippen LogP contribution in [-0.2, 0) is 14.4 Å². The molecule has 1 saturated heterocycles. The number of nitrogens with one attached hydrogen (secondary N) is 2. The van der Waals surface area contributed by atoms with E-state index in [0.717, 1.165) is 25.9 Å². The first-order valence-electron chi connectivity index (χ1n) is 8.95. The van der Waals surface area contributed by atoms with Gasteiger partial charge in [-0.25, -0.2) is 0 Å². The van der Waals surface area contributed by atoms with Crippen molar-refractivity contribution in [2.45, 2.75) is 26.7 Å². The molecule has 1 aromatic rings. The molecule has 140 valence electrons. The SMILES string of the molecule is CC1(C)[C@H](C(=O)O)[C@@H]1C(=O)Nc1ccc(NC(=O)CN2CCCC2)cc1. The molecule has 3 rings (SSSR count). The molecule has 1 saturated carbocycles. The topological polar surface area (TPSA) is 98.7 Å². The lowest BCUT2D eigenvalue weighted by Crippen LogP contribution is -2.30. The van der Waals surface area contributed by atoms with Crippen LogP contribution in [-0.4, -0.2) is 47.4 Å². The summed E-state index contributed by atoms with van der Waals surface area (Å²) in [6, 6.07) is 6.86. The average Bonchev–Trinajstić information content (AvgIpc) is 2.90. The second-order valence-corrected chi connectivity index (χ2v) is 7.71. The van der Waals surface area contributed by atoms with Gasteiger partial charge in [0.25, 0.3) is 0 Å². The number of amides is 2. The lowest BCUT2D eigenvalue weighted by atomic mass is 10.1. The first-order chi connectivity index (χ1) is 12.3. The van der Waals surface area contributed by atoms with Crippen LogP contribution in [0.4, 0.5) is 11.4 Å². The minimum Gasteiger partial charge on any atom is -0.481 e. The molecule has 0 spiro atoms. The predicted molar refractivity (Wildman–Crippen MR) is 97.8 cm³/mol. The van der Waals surface area contributed by atoms with Crippen LogP contribution in [0.5, 0.6) is 0 Å². The van der Waals surface area contributed by atoms with Gasteiger partial charge in [-0.1, -0.05) is 13.8 Å². The average molecular weight is 359 g/mol. The third-order valence-electron chi connectivity index (χ3n) is 5.38. The van der Waals surface area contributed by atoms with Crippen LogP contribution in [0.15, 0.2) is 24.3 Å². The number of aliphatic carboxylic acids is 1. The molecule has 0 bridgehead atoms. The Hall–Kier alpha value is -2.41. The zero-order valence-electron chi connectivity index (χ0n) is 15.1. The Morgan fingerprint density at radius 1 is 1.04 bits per heavy atom. The number of carbonyl (C=O) groups excluding carboxylic acids is 2. The van der Waals surface area contributed by atoms with E-state index >= 15 is 0 Å². The lowest BCUT2D eigenvalue weighted by Gasteiger charge is -2.14. The normalized spacial score (nSPS) is 24.1. The molecule has 3 N–H and O–H groups in total. The molecule has 1 aromatic carbocycles. The molecule has 26 heavy (non-hydrogen) atoms. The van der Waals surface area contributed by atoms with Crippen molar-refractivity contribution < 1.29 is 19.5 Å². The second-order valence-electron chi connectivity index (χ2n) is 7.71. The summed E-state index contributed by atoms with van der Waals surface area (Å²) in [4.78, 5) is 37.7. The van der Waals surface area contributed by atoms with Gasteiger partial charge in [0.1, 0.15) is 0 Å². The second kappa shape index (κ2) is 7.07. The molecule has 2 aliphatic rings. The fourth-order valence-electron chi connectivity index (χ4n) is 3.79. The number of carboxylic acids is 1. The summed E-state index contributed by atoms with van der Waals surface area (Å²) in [5, 5.41) is 14.8. The van der Waals surface area contributed by atoms with Crippen molar-refractivity contribution in [3.05, 3.63) is 24.3 Å². The maximum Gasteiger partial charge on any atom is 0.307 e. The van der Waals surface area contributed by atoms with Gasteiger partial charge >= 0.3 is 5.97 Å². The predicted octanol–water partition coefficient (Wildman–Crippen LogP) is 2.02. The van der Waals surface area contributed by atoms with Crippen molar-refractivity contribution in [1.29, 1.82) is 0 Å². The number of benzene rings is 1. The Kier molecular flexibility index (Phi) is 5.00. The molecule has 0 aromatic heterocycles. The summed E-state index contributed by atoms with van der Waals surface area (Å²) in [5.41, 5.74) is 0.723. The largest absolute Gasteiger partial charge is 0.481 e. The number of likely N-dealkylation sites (tertiary alicyclic amines) is 1. The highest BCUT2D eigenvalue weighted by molar-refractivity contribution is 6.00. The minimum atomic E-state index is -0.939. The summed E-state index contributed by atoms with van der Waals surface area (Å²) in [6.45, 7) is 5.90. The Bertz CT molecular complexity index is 708. The van der Waals surface area contributed by atoms with Crippen molar-refractivity contribution in [3.8, 4) is 0 Å². The zero-order valence-corrected chi connectivity index (χ0v) is 15.1. The number of anilines is 2. The van der Waals surface area contributed by atoms with Crippen LogP contribution in [0.2, 0.25) is 0 Å². The van der Waals surface area contributed by atoms with E-state index in [1.165, 1.54) is 0 Å². The first kappa shape index (κ1) is 18.4. The van der Waals surface area contributed by atoms with Crippen molar-refractivity contribution >= 4 is 29.2 Å². The molecule has 1 aliphatic carbocycles. The van der Waals surface area contributed by atoms with Crippen LogP contribution in [0.1, 0.15) is 26.7 Å². The van der Waals surface area contributed by atoms with E-state index in [0.29, 0.717) is 17.9 Å². The molecule has 0 radical (unpaired) electrons. The summed E-state index contributed by atoms with van der Waals surface area (Å²) < 4.78 is 0. The number of nitrogens with zero attached hydrogens (tertiary/aromatic N) is 1. The van der Waals surface area contributed by atoms with Crippen molar-refractivity contribution in [2.75, 3.05) is 30.3 Å². The first-order valence-corrected chi connectivity index (χ1v) is 8.95. The van der Waals surface area contributed by atoms with Crippen molar-refractivity contribution in [3.63, 3.8) is 0 Å². The zero-order chi connectivity index (χ0) is 18.9. The Labute approximate surface area is 152 Å². The molecule has 1 aliphatic heterocycles. The quantitative estimate of drug-likeness (QED) is 0.722. The molecule has 0 unspecified atom stereocenters. The summed E-state index contributed by atoms with van der Waals surface area (Å²) in [6.07, 6.45) is 2.28. The van der Waals surface area contributed by atoms with Gasteiger partial charge < -0.3 is 15.7 Å². The Balaban J connectivity index is 1.52. The van der Waals surface area contributed by atoms with Crippen LogP contribution in [0.3, 0.4) is 0 Å². The summed E-state index contributed by atoms with van der Waals surface area (Å²) >= 11 is 0. The van der Waals surface area contributed by atoms with E-state index < -0.39 is 23.2 Å².